The summed E-state index contributed by atoms with van der Waals surface area (Å²) in [4.78, 5) is 0. The third kappa shape index (κ3) is 1.44. The largest absolute Gasteiger partial charge is 0.382 e. The lowest BCUT2D eigenvalue weighted by Gasteiger charge is -1.93. The topological polar surface area (TPSA) is 80.6 Å². The molecule has 1 saturated carbocycles. The van der Waals surface area contributed by atoms with Crippen molar-refractivity contribution >= 4 is 5.84 Å². The van der Waals surface area contributed by atoms with Crippen LogP contribution in [0.1, 0.15) is 18.5 Å². The van der Waals surface area contributed by atoms with E-state index in [1.165, 1.54) is 12.8 Å². The Labute approximate surface area is 70.1 Å². The average molecular weight is 165 g/mol. The minimum Gasteiger partial charge on any atom is -0.382 e. The second kappa shape index (κ2) is 2.58. The molecule has 1 aliphatic carbocycles. The Bertz CT molecular complexity index is 299. The Morgan fingerprint density at radius 1 is 1.75 bits per heavy atom. The lowest BCUT2D eigenvalue weighted by molar-refractivity contribution is 0.544. The first-order chi connectivity index (χ1) is 5.75. The average Bonchev–Trinajstić information content (AvgIpc) is 2.66. The molecule has 1 heterocycles. The summed E-state index contributed by atoms with van der Waals surface area (Å²) in [6.07, 6.45) is 4.30. The third-order valence-electron chi connectivity index (χ3n) is 1.96. The van der Waals surface area contributed by atoms with Crippen LogP contribution in [0.15, 0.2) is 6.20 Å². The van der Waals surface area contributed by atoms with Crippen LogP contribution in [0.2, 0.25) is 0 Å². The molecule has 12 heavy (non-hydrogen) atoms. The summed E-state index contributed by atoms with van der Waals surface area (Å²) in [6, 6.07) is 0. The number of nitrogens with zero attached hydrogens (tertiary/aromatic N) is 3. The van der Waals surface area contributed by atoms with E-state index in [-0.39, 0.29) is 5.84 Å². The van der Waals surface area contributed by atoms with Crippen LogP contribution in [-0.2, 0) is 6.54 Å². The lowest BCUT2D eigenvalue weighted by atomic mass is 10.4. The van der Waals surface area contributed by atoms with Crippen LogP contribution in [0, 0.1) is 11.3 Å². The van der Waals surface area contributed by atoms with Crippen molar-refractivity contribution in [1.29, 1.82) is 5.41 Å². The molecule has 1 fully saturated rings. The summed E-state index contributed by atoms with van der Waals surface area (Å²) >= 11 is 0. The zero-order valence-corrected chi connectivity index (χ0v) is 6.70. The van der Waals surface area contributed by atoms with E-state index < -0.39 is 0 Å². The van der Waals surface area contributed by atoms with Gasteiger partial charge in [0.1, 0.15) is 11.5 Å². The molecule has 0 unspecified atom stereocenters. The summed E-state index contributed by atoms with van der Waals surface area (Å²) in [6.45, 7) is 0.917. The van der Waals surface area contributed by atoms with Gasteiger partial charge in [-0.05, 0) is 18.8 Å². The van der Waals surface area contributed by atoms with Crippen LogP contribution < -0.4 is 5.73 Å². The standard InChI is InChI=1S/C7H11N5/c8-7(9)6-4-12(11-10-6)3-5-1-2-5/h4-5H,1-3H2,(H3,8,9). The molecule has 64 valence electrons. The summed E-state index contributed by atoms with van der Waals surface area (Å²) in [5, 5.41) is 14.7. The number of rotatable bonds is 3. The van der Waals surface area contributed by atoms with Crippen molar-refractivity contribution in [3.8, 4) is 0 Å². The fraction of sp³-hybridized carbons (Fsp3) is 0.571. The Hall–Kier alpha value is -1.39. The van der Waals surface area contributed by atoms with E-state index in [2.05, 4.69) is 10.3 Å². The molecule has 1 aromatic rings. The van der Waals surface area contributed by atoms with Crippen molar-refractivity contribution in [1.82, 2.24) is 15.0 Å². The molecule has 0 amide bonds. The van der Waals surface area contributed by atoms with Gasteiger partial charge in [0.2, 0.25) is 0 Å². The lowest BCUT2D eigenvalue weighted by Crippen LogP contribution is -2.11. The van der Waals surface area contributed by atoms with Crippen molar-refractivity contribution in [3.63, 3.8) is 0 Å². The van der Waals surface area contributed by atoms with Gasteiger partial charge in [-0.2, -0.15) is 0 Å². The molecule has 1 aromatic heterocycles. The maximum absolute atomic E-state index is 7.11. The number of nitrogens with two attached hydrogens (primary N) is 1. The summed E-state index contributed by atoms with van der Waals surface area (Å²) in [5.74, 6) is 0.753. The van der Waals surface area contributed by atoms with Crippen molar-refractivity contribution < 1.29 is 0 Å². The van der Waals surface area contributed by atoms with Crippen molar-refractivity contribution in [2.75, 3.05) is 0 Å². The molecular formula is C7H11N5. The zero-order chi connectivity index (χ0) is 8.55. The molecule has 0 saturated heterocycles. The summed E-state index contributed by atoms with van der Waals surface area (Å²) in [5.41, 5.74) is 5.71. The fourth-order valence-electron chi connectivity index (χ4n) is 1.08. The Morgan fingerprint density at radius 2 is 2.50 bits per heavy atom. The zero-order valence-electron chi connectivity index (χ0n) is 6.70. The molecule has 5 nitrogen and oxygen atoms in total. The molecule has 0 aromatic carbocycles. The third-order valence-corrected chi connectivity index (χ3v) is 1.96. The van der Waals surface area contributed by atoms with E-state index in [9.17, 15) is 0 Å². The maximum Gasteiger partial charge on any atom is 0.147 e. The minimum absolute atomic E-state index is 0.0166. The van der Waals surface area contributed by atoms with Crippen LogP contribution in [0.5, 0.6) is 0 Å². The maximum atomic E-state index is 7.11. The molecule has 0 bridgehead atoms. The van der Waals surface area contributed by atoms with E-state index in [0.717, 1.165) is 12.5 Å². The van der Waals surface area contributed by atoms with Crippen molar-refractivity contribution in [3.05, 3.63) is 11.9 Å². The predicted octanol–water partition coefficient (Wildman–Crippen LogP) is -0.0278. The second-order valence-electron chi connectivity index (χ2n) is 3.18. The Morgan fingerprint density at radius 3 is 3.00 bits per heavy atom. The number of nitrogens with one attached hydrogen (secondary N) is 1. The Kier molecular flexibility index (Phi) is 1.56. The highest BCUT2D eigenvalue weighted by Gasteiger charge is 2.22. The van der Waals surface area contributed by atoms with Gasteiger partial charge >= 0.3 is 0 Å². The van der Waals surface area contributed by atoms with E-state index in [0.29, 0.717) is 5.69 Å². The molecule has 0 radical (unpaired) electrons. The van der Waals surface area contributed by atoms with E-state index in [1.807, 2.05) is 0 Å². The van der Waals surface area contributed by atoms with Gasteiger partial charge in [0.15, 0.2) is 0 Å². The molecule has 2 rings (SSSR count). The van der Waals surface area contributed by atoms with Crippen LogP contribution >= 0.6 is 0 Å². The van der Waals surface area contributed by atoms with Crippen LogP contribution in [0.4, 0.5) is 0 Å². The minimum atomic E-state index is -0.0166. The highest BCUT2D eigenvalue weighted by atomic mass is 15.4. The van der Waals surface area contributed by atoms with Gasteiger partial charge in [0.05, 0.1) is 6.20 Å². The molecule has 5 heteroatoms. The highest BCUT2D eigenvalue weighted by Crippen LogP contribution is 2.30. The highest BCUT2D eigenvalue weighted by molar-refractivity contribution is 5.92. The predicted molar refractivity (Wildman–Crippen MR) is 43.8 cm³/mol. The fourth-order valence-corrected chi connectivity index (χ4v) is 1.08. The quantitative estimate of drug-likeness (QED) is 0.487. The number of nitrogen functional groups attached to an aromatic ring is 1. The number of aromatic nitrogens is 3. The van der Waals surface area contributed by atoms with Gasteiger partial charge in [0.25, 0.3) is 0 Å². The molecule has 0 spiro atoms. The van der Waals surface area contributed by atoms with E-state index >= 15 is 0 Å². The van der Waals surface area contributed by atoms with Crippen molar-refractivity contribution in [2.24, 2.45) is 11.7 Å². The monoisotopic (exact) mass is 165 g/mol. The van der Waals surface area contributed by atoms with Gasteiger partial charge in [-0.3, -0.25) is 10.1 Å². The molecular weight excluding hydrogens is 154 g/mol. The van der Waals surface area contributed by atoms with Gasteiger partial charge in [-0.1, -0.05) is 5.21 Å². The first kappa shape index (κ1) is 7.27. The SMILES string of the molecule is N=C(N)c1cn(CC2CC2)nn1. The van der Waals surface area contributed by atoms with Gasteiger partial charge in [0, 0.05) is 6.54 Å². The normalized spacial score (nSPS) is 16.3. The first-order valence-corrected chi connectivity index (χ1v) is 4.00. The van der Waals surface area contributed by atoms with Gasteiger partial charge in [-0.25, -0.2) is 0 Å². The first-order valence-electron chi connectivity index (χ1n) is 4.00. The van der Waals surface area contributed by atoms with Crippen LogP contribution in [-0.4, -0.2) is 20.8 Å². The van der Waals surface area contributed by atoms with Crippen molar-refractivity contribution in [2.45, 2.75) is 19.4 Å². The smallest absolute Gasteiger partial charge is 0.147 e. The van der Waals surface area contributed by atoms with E-state index in [4.69, 9.17) is 11.1 Å². The number of amidine groups is 1. The summed E-state index contributed by atoms with van der Waals surface area (Å²) < 4.78 is 1.76. The van der Waals surface area contributed by atoms with Crippen LogP contribution in [0.3, 0.4) is 0 Å². The summed E-state index contributed by atoms with van der Waals surface area (Å²) in [7, 11) is 0. The second-order valence-corrected chi connectivity index (χ2v) is 3.18. The van der Waals surface area contributed by atoms with E-state index in [1.54, 1.807) is 10.9 Å². The molecule has 1 aliphatic rings. The van der Waals surface area contributed by atoms with Gasteiger partial charge < -0.3 is 5.73 Å². The number of hydrogen-bond acceptors (Lipinski definition) is 3. The van der Waals surface area contributed by atoms with Gasteiger partial charge in [-0.15, -0.1) is 5.10 Å². The molecule has 0 atom stereocenters. The number of hydrogen-bond donors (Lipinski definition) is 2. The Balaban J connectivity index is 2.06. The van der Waals surface area contributed by atoms with Crippen LogP contribution in [0.25, 0.3) is 0 Å². The molecule has 3 N–H and O–H groups in total. The molecule has 0 aliphatic heterocycles.